The number of halogens is 1. The Bertz CT molecular complexity index is 1070. The number of aryl methyl sites for hydroxylation is 1. The van der Waals surface area contributed by atoms with Gasteiger partial charge in [-0.3, -0.25) is 4.79 Å². The van der Waals surface area contributed by atoms with Crippen molar-refractivity contribution < 1.29 is 9.53 Å². The van der Waals surface area contributed by atoms with Crippen LogP contribution in [0.15, 0.2) is 72.0 Å². The van der Waals surface area contributed by atoms with Gasteiger partial charge in [-0.2, -0.15) is 0 Å². The van der Waals surface area contributed by atoms with Gasteiger partial charge in [-0.05, 0) is 36.8 Å². The Hall–Kier alpha value is -2.96. The highest BCUT2D eigenvalue weighted by atomic mass is 35.5. The van der Waals surface area contributed by atoms with Gasteiger partial charge in [0.05, 0.1) is 10.2 Å². The van der Waals surface area contributed by atoms with Crippen LogP contribution in [0.4, 0.5) is 0 Å². The molecule has 1 aromatic heterocycles. The Morgan fingerprint density at radius 3 is 2.93 bits per heavy atom. The first-order chi connectivity index (χ1) is 14.6. The van der Waals surface area contributed by atoms with Crippen LogP contribution in [0.5, 0.6) is 5.75 Å². The largest absolute Gasteiger partial charge is 0.426 e. The predicted molar refractivity (Wildman–Crippen MR) is 125 cm³/mol. The van der Waals surface area contributed by atoms with Crippen LogP contribution in [0.25, 0.3) is 10.2 Å². The van der Waals surface area contributed by atoms with Gasteiger partial charge in [-0.25, -0.2) is 9.98 Å². The molecule has 7 heteroatoms. The number of aldehydes is 1. The molecule has 0 fully saturated rings. The molecular formula is C23H22ClN3O2S. The van der Waals surface area contributed by atoms with Crippen LogP contribution < -0.4 is 10.1 Å². The maximum absolute atomic E-state index is 11.2. The number of ether oxygens (including phenoxy) is 1. The minimum Gasteiger partial charge on any atom is -0.426 e. The first-order valence-electron chi connectivity index (χ1n) is 9.42. The quantitative estimate of drug-likeness (QED) is 0.218. The molecule has 2 aromatic carbocycles. The number of alkyl halides is 1. The number of amidine groups is 1. The van der Waals surface area contributed by atoms with E-state index in [1.54, 1.807) is 41.9 Å². The summed E-state index contributed by atoms with van der Waals surface area (Å²) in [6, 6.07) is 13.7. The Morgan fingerprint density at radius 1 is 1.33 bits per heavy atom. The number of aliphatic imine (C=N–C) groups is 1. The molecule has 1 unspecified atom stereocenters. The standard InChI is InChI=1S/C23H22ClN3O2S/c1-16-8-9-19(14-18(16)15-28)29-23(25-12-5-11-24)26-13-10-17(2)22-27-20-6-3-4-7-21(20)30-22/h3-10,12-15,17H,11H2,1-2H3,(H,25,26)/b12-5+,13-10+. The summed E-state index contributed by atoms with van der Waals surface area (Å²) < 4.78 is 6.98. The average Bonchev–Trinajstić information content (AvgIpc) is 3.19. The van der Waals surface area contributed by atoms with Crippen LogP contribution in [0.3, 0.4) is 0 Å². The number of aromatic nitrogens is 1. The molecule has 5 nitrogen and oxygen atoms in total. The second-order valence-electron chi connectivity index (χ2n) is 6.52. The average molecular weight is 440 g/mol. The molecule has 0 saturated heterocycles. The van der Waals surface area contributed by atoms with E-state index in [4.69, 9.17) is 16.3 Å². The Morgan fingerprint density at radius 2 is 2.17 bits per heavy atom. The van der Waals surface area contributed by atoms with Crippen molar-refractivity contribution in [2.24, 2.45) is 4.99 Å². The second kappa shape index (κ2) is 10.7. The van der Waals surface area contributed by atoms with E-state index in [1.165, 1.54) is 4.70 Å². The summed E-state index contributed by atoms with van der Waals surface area (Å²) >= 11 is 7.35. The SMILES string of the molecule is Cc1ccc(OC(=N/C=C/CCl)N/C=C/C(C)c2nc3ccccc3s2)cc1C=O. The third kappa shape index (κ3) is 5.78. The molecule has 1 atom stereocenters. The molecular weight excluding hydrogens is 418 g/mol. The highest BCUT2D eigenvalue weighted by molar-refractivity contribution is 7.18. The topological polar surface area (TPSA) is 63.6 Å². The number of nitrogens with zero attached hydrogens (tertiary/aromatic N) is 2. The second-order valence-corrected chi connectivity index (χ2v) is 7.89. The van der Waals surface area contributed by atoms with E-state index in [2.05, 4.69) is 28.3 Å². The Labute approximate surface area is 184 Å². The van der Waals surface area contributed by atoms with Gasteiger partial charge in [0.25, 0.3) is 6.02 Å². The van der Waals surface area contributed by atoms with Gasteiger partial charge in [-0.15, -0.1) is 22.9 Å². The highest BCUT2D eigenvalue weighted by Gasteiger charge is 2.09. The molecule has 0 spiro atoms. The fraction of sp³-hybridized carbons (Fsp3) is 0.174. The lowest BCUT2D eigenvalue weighted by Crippen LogP contribution is -2.24. The van der Waals surface area contributed by atoms with Crippen molar-refractivity contribution in [3.8, 4) is 5.75 Å². The van der Waals surface area contributed by atoms with Crippen molar-refractivity contribution in [2.75, 3.05) is 5.88 Å². The third-order valence-corrected chi connectivity index (χ3v) is 5.69. The number of benzene rings is 2. The summed E-state index contributed by atoms with van der Waals surface area (Å²) in [7, 11) is 0. The van der Waals surface area contributed by atoms with Crippen molar-refractivity contribution >= 4 is 45.5 Å². The van der Waals surface area contributed by atoms with Crippen LogP contribution in [0.1, 0.15) is 33.8 Å². The van der Waals surface area contributed by atoms with Crippen LogP contribution >= 0.6 is 22.9 Å². The first-order valence-corrected chi connectivity index (χ1v) is 10.8. The van der Waals surface area contributed by atoms with Crippen molar-refractivity contribution in [1.82, 2.24) is 10.3 Å². The number of hydrogen-bond donors (Lipinski definition) is 1. The van der Waals surface area contributed by atoms with Gasteiger partial charge < -0.3 is 10.1 Å². The molecule has 0 aliphatic carbocycles. The number of rotatable bonds is 7. The van der Waals surface area contributed by atoms with Gasteiger partial charge in [0, 0.05) is 29.8 Å². The lowest BCUT2D eigenvalue weighted by molar-refractivity contribution is 0.112. The van der Waals surface area contributed by atoms with E-state index < -0.39 is 0 Å². The van der Waals surface area contributed by atoms with Crippen molar-refractivity contribution in [3.05, 3.63) is 83.2 Å². The smallest absolute Gasteiger partial charge is 0.298 e. The van der Waals surface area contributed by atoms with Crippen molar-refractivity contribution in [2.45, 2.75) is 19.8 Å². The summed E-state index contributed by atoms with van der Waals surface area (Å²) in [5, 5.41) is 4.09. The summed E-state index contributed by atoms with van der Waals surface area (Å²) in [6.07, 6.45) is 7.84. The zero-order valence-electron chi connectivity index (χ0n) is 16.7. The number of carbonyl (C=O) groups excluding carboxylic acids is 1. The van der Waals surface area contributed by atoms with E-state index in [0.29, 0.717) is 17.2 Å². The zero-order chi connectivity index (χ0) is 21.3. The number of allylic oxidation sites excluding steroid dienone is 2. The lowest BCUT2D eigenvalue weighted by Gasteiger charge is -2.09. The Balaban J connectivity index is 1.72. The van der Waals surface area contributed by atoms with Crippen molar-refractivity contribution in [1.29, 1.82) is 0 Å². The maximum Gasteiger partial charge on any atom is 0.298 e. The Kier molecular flexibility index (Phi) is 7.76. The summed E-state index contributed by atoms with van der Waals surface area (Å²) in [6.45, 7) is 3.95. The molecule has 0 aliphatic rings. The van der Waals surface area contributed by atoms with Crippen LogP contribution in [0.2, 0.25) is 0 Å². The van der Waals surface area contributed by atoms with Gasteiger partial charge in [0.1, 0.15) is 17.0 Å². The molecule has 0 aliphatic heterocycles. The van der Waals surface area contributed by atoms with Gasteiger partial charge in [0.2, 0.25) is 0 Å². The number of carbonyl (C=O) groups is 1. The summed E-state index contributed by atoms with van der Waals surface area (Å²) in [5.74, 6) is 0.984. The van der Waals surface area contributed by atoms with Crippen molar-refractivity contribution in [3.63, 3.8) is 0 Å². The molecule has 0 saturated carbocycles. The zero-order valence-corrected chi connectivity index (χ0v) is 18.3. The molecule has 0 bridgehead atoms. The van der Waals surface area contributed by atoms with Crippen LogP contribution in [0, 0.1) is 6.92 Å². The van der Waals surface area contributed by atoms with Gasteiger partial charge >= 0.3 is 0 Å². The van der Waals surface area contributed by atoms with E-state index in [9.17, 15) is 4.79 Å². The van der Waals surface area contributed by atoms with Gasteiger partial charge in [-0.1, -0.05) is 37.3 Å². The molecule has 0 radical (unpaired) electrons. The number of hydrogen-bond acceptors (Lipinski definition) is 5. The van der Waals surface area contributed by atoms with E-state index >= 15 is 0 Å². The summed E-state index contributed by atoms with van der Waals surface area (Å²) in [5.41, 5.74) is 2.46. The van der Waals surface area contributed by atoms with E-state index in [1.807, 2.05) is 37.3 Å². The first kappa shape index (κ1) is 21.7. The predicted octanol–water partition coefficient (Wildman–Crippen LogP) is 5.81. The summed E-state index contributed by atoms with van der Waals surface area (Å²) in [4.78, 5) is 20.1. The highest BCUT2D eigenvalue weighted by Crippen LogP contribution is 2.27. The fourth-order valence-corrected chi connectivity index (χ4v) is 3.68. The van der Waals surface area contributed by atoms with Gasteiger partial charge in [0.15, 0.2) is 0 Å². The molecule has 0 amide bonds. The number of para-hydroxylation sites is 1. The van der Waals surface area contributed by atoms with E-state index in [-0.39, 0.29) is 11.9 Å². The maximum atomic E-state index is 11.2. The molecule has 1 heterocycles. The van der Waals surface area contributed by atoms with E-state index in [0.717, 1.165) is 22.4 Å². The molecule has 30 heavy (non-hydrogen) atoms. The number of fused-ring (bicyclic) bond motifs is 1. The molecule has 3 rings (SSSR count). The molecule has 1 N–H and O–H groups in total. The fourth-order valence-electron chi connectivity index (χ4n) is 2.60. The minimum atomic E-state index is 0.121. The lowest BCUT2D eigenvalue weighted by atomic mass is 10.1. The van der Waals surface area contributed by atoms with Crippen LogP contribution in [-0.2, 0) is 0 Å². The molecule has 3 aromatic rings. The normalized spacial score (nSPS) is 13.2. The van der Waals surface area contributed by atoms with Crippen LogP contribution in [-0.4, -0.2) is 23.2 Å². The number of nitrogens with one attached hydrogen (secondary N) is 1. The minimum absolute atomic E-state index is 0.121. The number of thiazole rings is 1. The third-order valence-electron chi connectivity index (χ3n) is 4.27. The molecule has 154 valence electrons. The monoisotopic (exact) mass is 439 g/mol.